The number of nitrogens with one attached hydrogen (secondary N) is 1. The van der Waals surface area contributed by atoms with Crippen LogP contribution in [0, 0.1) is 0 Å². The van der Waals surface area contributed by atoms with Gasteiger partial charge in [0.15, 0.2) is 0 Å². The first-order valence-corrected chi connectivity index (χ1v) is 5.01. The van der Waals surface area contributed by atoms with Gasteiger partial charge in [-0.05, 0) is 20.0 Å². The lowest BCUT2D eigenvalue weighted by Gasteiger charge is -2.04. The van der Waals surface area contributed by atoms with E-state index in [1.165, 1.54) is 0 Å². The molecule has 4 N–H and O–H groups in total. The summed E-state index contributed by atoms with van der Waals surface area (Å²) in [5, 5.41) is 3.07. The third-order valence-corrected chi connectivity index (χ3v) is 1.63. The quantitative estimate of drug-likeness (QED) is 0.447. The molecular formula is C9H23N2O2+. The molecule has 0 saturated carbocycles. The van der Waals surface area contributed by atoms with Crippen LogP contribution >= 0.6 is 0 Å². The van der Waals surface area contributed by atoms with Crippen LogP contribution in [-0.2, 0) is 9.47 Å². The van der Waals surface area contributed by atoms with Crippen molar-refractivity contribution in [2.75, 3.05) is 46.6 Å². The molecule has 0 bridgehead atoms. The number of hydrogen-bond donors (Lipinski definition) is 2. The van der Waals surface area contributed by atoms with E-state index >= 15 is 0 Å². The molecule has 4 heteroatoms. The molecule has 0 amide bonds. The van der Waals surface area contributed by atoms with Crippen LogP contribution in [0.2, 0.25) is 0 Å². The minimum absolute atomic E-state index is 0.708. The average molecular weight is 191 g/mol. The summed E-state index contributed by atoms with van der Waals surface area (Å²) in [5.41, 5.74) is 3.74. The van der Waals surface area contributed by atoms with Gasteiger partial charge in [-0.2, -0.15) is 0 Å². The fourth-order valence-electron chi connectivity index (χ4n) is 0.877. The van der Waals surface area contributed by atoms with Gasteiger partial charge in [-0.3, -0.25) is 0 Å². The molecule has 0 atom stereocenters. The Bertz CT molecular complexity index is 81.7. The number of quaternary nitrogens is 1. The van der Waals surface area contributed by atoms with Crippen LogP contribution < -0.4 is 11.1 Å². The molecule has 0 aliphatic carbocycles. The Hall–Kier alpha value is -0.160. The van der Waals surface area contributed by atoms with E-state index in [1.807, 2.05) is 7.05 Å². The molecule has 0 heterocycles. The number of ether oxygens (including phenoxy) is 2. The highest BCUT2D eigenvalue weighted by Crippen LogP contribution is 1.83. The van der Waals surface area contributed by atoms with E-state index in [0.29, 0.717) is 13.2 Å². The molecule has 80 valence electrons. The van der Waals surface area contributed by atoms with E-state index in [-0.39, 0.29) is 0 Å². The van der Waals surface area contributed by atoms with Gasteiger partial charge in [0, 0.05) is 13.0 Å². The molecule has 0 unspecified atom stereocenters. The highest BCUT2D eigenvalue weighted by molar-refractivity contribution is 4.39. The van der Waals surface area contributed by atoms with Gasteiger partial charge in [0.25, 0.3) is 0 Å². The van der Waals surface area contributed by atoms with Crippen LogP contribution in [0.1, 0.15) is 12.8 Å². The lowest BCUT2D eigenvalue weighted by Crippen LogP contribution is -2.50. The molecule has 0 aromatic rings. The van der Waals surface area contributed by atoms with E-state index in [9.17, 15) is 0 Å². The summed E-state index contributed by atoms with van der Waals surface area (Å²) in [5.74, 6) is 0. The molecule has 4 nitrogen and oxygen atoms in total. The van der Waals surface area contributed by atoms with Gasteiger partial charge in [0.2, 0.25) is 0 Å². The third kappa shape index (κ3) is 11.8. The zero-order valence-corrected chi connectivity index (χ0v) is 8.68. The Kier molecular flexibility index (Phi) is 11.7. The number of hydrogen-bond acceptors (Lipinski definition) is 3. The smallest absolute Gasteiger partial charge is 0.0762 e. The minimum Gasteiger partial charge on any atom is -0.379 e. The van der Waals surface area contributed by atoms with Crippen molar-refractivity contribution in [3.8, 4) is 0 Å². The van der Waals surface area contributed by atoms with Gasteiger partial charge in [0.05, 0.1) is 26.4 Å². The van der Waals surface area contributed by atoms with Crippen molar-refractivity contribution in [3.05, 3.63) is 0 Å². The van der Waals surface area contributed by atoms with Crippen LogP contribution in [-0.4, -0.2) is 46.6 Å². The van der Waals surface area contributed by atoms with E-state index in [0.717, 1.165) is 39.1 Å². The zero-order valence-electron chi connectivity index (χ0n) is 8.68. The summed E-state index contributed by atoms with van der Waals surface area (Å²) >= 11 is 0. The van der Waals surface area contributed by atoms with Crippen molar-refractivity contribution in [1.29, 1.82) is 0 Å². The van der Waals surface area contributed by atoms with Gasteiger partial charge >= 0.3 is 0 Å². The second kappa shape index (κ2) is 11.8. The van der Waals surface area contributed by atoms with Gasteiger partial charge in [0.1, 0.15) is 0 Å². The second-order valence-corrected chi connectivity index (χ2v) is 2.89. The Morgan fingerprint density at radius 1 is 1.00 bits per heavy atom. The fraction of sp³-hybridized carbons (Fsp3) is 1.00. The normalized spacial score (nSPS) is 10.6. The molecule has 0 rings (SSSR count). The summed E-state index contributed by atoms with van der Waals surface area (Å²) in [6, 6.07) is 0. The minimum atomic E-state index is 0.708. The fourth-order valence-corrected chi connectivity index (χ4v) is 0.877. The lowest BCUT2D eigenvalue weighted by molar-refractivity contribution is -0.369. The van der Waals surface area contributed by atoms with Gasteiger partial charge in [-0.25, -0.2) is 0 Å². The molecule has 0 aliphatic rings. The monoisotopic (exact) mass is 191 g/mol. The molecule has 0 spiro atoms. The highest BCUT2D eigenvalue weighted by Gasteiger charge is 1.90. The van der Waals surface area contributed by atoms with E-state index in [1.54, 1.807) is 0 Å². The topological polar surface area (TPSA) is 58.1 Å². The van der Waals surface area contributed by atoms with Crippen LogP contribution in [0.25, 0.3) is 0 Å². The molecule has 0 aromatic heterocycles. The summed E-state index contributed by atoms with van der Waals surface area (Å²) in [7, 11) is 1.95. The summed E-state index contributed by atoms with van der Waals surface area (Å²) < 4.78 is 10.6. The first-order valence-electron chi connectivity index (χ1n) is 5.01. The summed E-state index contributed by atoms with van der Waals surface area (Å²) in [6.45, 7) is 5.01. The maximum absolute atomic E-state index is 5.34. The van der Waals surface area contributed by atoms with Crippen molar-refractivity contribution in [2.24, 2.45) is 0 Å². The SMILES string of the molecule is CNCCCOCCOCCC[NH3+]. The molecule has 0 saturated heterocycles. The van der Waals surface area contributed by atoms with E-state index in [2.05, 4.69) is 11.1 Å². The largest absolute Gasteiger partial charge is 0.379 e. The van der Waals surface area contributed by atoms with Crippen molar-refractivity contribution in [2.45, 2.75) is 12.8 Å². The highest BCUT2D eigenvalue weighted by atomic mass is 16.5. The first-order chi connectivity index (χ1) is 6.41. The Morgan fingerprint density at radius 2 is 1.62 bits per heavy atom. The molecule has 0 fully saturated rings. The maximum Gasteiger partial charge on any atom is 0.0762 e. The van der Waals surface area contributed by atoms with Crippen molar-refractivity contribution in [3.63, 3.8) is 0 Å². The third-order valence-electron chi connectivity index (χ3n) is 1.63. The van der Waals surface area contributed by atoms with Crippen molar-refractivity contribution >= 4 is 0 Å². The summed E-state index contributed by atoms with van der Waals surface area (Å²) in [4.78, 5) is 0. The molecular weight excluding hydrogens is 168 g/mol. The maximum atomic E-state index is 5.34. The van der Waals surface area contributed by atoms with E-state index in [4.69, 9.17) is 9.47 Å². The van der Waals surface area contributed by atoms with Crippen LogP contribution in [0.3, 0.4) is 0 Å². The summed E-state index contributed by atoms with van der Waals surface area (Å²) in [6.07, 6.45) is 2.11. The Morgan fingerprint density at radius 3 is 2.15 bits per heavy atom. The van der Waals surface area contributed by atoms with Gasteiger partial charge in [-0.15, -0.1) is 0 Å². The van der Waals surface area contributed by atoms with Crippen LogP contribution in [0.4, 0.5) is 0 Å². The zero-order chi connectivity index (χ0) is 9.78. The van der Waals surface area contributed by atoms with Crippen LogP contribution in [0.15, 0.2) is 0 Å². The first kappa shape index (κ1) is 12.8. The van der Waals surface area contributed by atoms with Gasteiger partial charge in [-0.1, -0.05) is 0 Å². The van der Waals surface area contributed by atoms with Gasteiger partial charge < -0.3 is 20.5 Å². The van der Waals surface area contributed by atoms with Crippen molar-refractivity contribution in [1.82, 2.24) is 5.32 Å². The molecule has 13 heavy (non-hydrogen) atoms. The van der Waals surface area contributed by atoms with Crippen LogP contribution in [0.5, 0.6) is 0 Å². The van der Waals surface area contributed by atoms with Crippen molar-refractivity contribution < 1.29 is 15.2 Å². The average Bonchev–Trinajstić information content (AvgIpc) is 2.16. The predicted molar refractivity (Wildman–Crippen MR) is 52.6 cm³/mol. The molecule has 0 aliphatic heterocycles. The molecule has 0 aromatic carbocycles. The predicted octanol–water partition coefficient (Wildman–Crippen LogP) is -0.739. The lowest BCUT2D eigenvalue weighted by atomic mass is 10.4. The number of rotatable bonds is 10. The van der Waals surface area contributed by atoms with E-state index < -0.39 is 0 Å². The second-order valence-electron chi connectivity index (χ2n) is 2.89. The standard InChI is InChI=1S/C9H22N2O2/c1-11-5-3-7-13-9-8-12-6-2-4-10/h11H,2-10H2,1H3/p+1. The Labute approximate surface area is 80.8 Å². The molecule has 0 radical (unpaired) electrons. The Balaban J connectivity index is 2.76.